The second-order valence-corrected chi connectivity index (χ2v) is 3.76. The minimum Gasteiger partial charge on any atom is -0.477 e. The molecule has 0 aliphatic rings. The Labute approximate surface area is 98.5 Å². The molecule has 3 N–H and O–H groups in total. The molecule has 0 amide bonds. The third-order valence-corrected chi connectivity index (χ3v) is 2.55. The predicted octanol–water partition coefficient (Wildman–Crippen LogP) is 1.91. The van der Waals surface area contributed by atoms with E-state index >= 15 is 0 Å². The summed E-state index contributed by atoms with van der Waals surface area (Å²) in [4.78, 5) is 13.6. The lowest BCUT2D eigenvalue weighted by Gasteiger charge is -2.02. The zero-order valence-corrected chi connectivity index (χ0v) is 9.18. The molecule has 0 unspecified atom stereocenters. The maximum absolute atomic E-state index is 10.8. The van der Waals surface area contributed by atoms with Crippen molar-refractivity contribution < 1.29 is 15.0 Å². The van der Waals surface area contributed by atoms with Gasteiger partial charge in [0.1, 0.15) is 5.69 Å². The van der Waals surface area contributed by atoms with E-state index in [1.807, 2.05) is 24.3 Å². The number of aromatic carboxylic acids is 1. The molecular formula is C13H13NO3. The topological polar surface area (TPSA) is 73.3 Å². The number of nitrogens with one attached hydrogen (secondary N) is 1. The summed E-state index contributed by atoms with van der Waals surface area (Å²) in [5.41, 5.74) is 2.88. The van der Waals surface area contributed by atoms with Crippen molar-refractivity contribution in [3.63, 3.8) is 0 Å². The summed E-state index contributed by atoms with van der Waals surface area (Å²) in [7, 11) is 0. The Morgan fingerprint density at radius 1 is 1.24 bits per heavy atom. The molecule has 0 fully saturated rings. The largest absolute Gasteiger partial charge is 0.477 e. The smallest absolute Gasteiger partial charge is 0.352 e. The maximum Gasteiger partial charge on any atom is 0.352 e. The fraction of sp³-hybridized carbons (Fsp3) is 0.154. The van der Waals surface area contributed by atoms with Gasteiger partial charge in [-0.05, 0) is 35.7 Å². The molecule has 0 spiro atoms. The predicted molar refractivity (Wildman–Crippen MR) is 64.0 cm³/mol. The number of aromatic amines is 1. The molecule has 1 aromatic carbocycles. The summed E-state index contributed by atoms with van der Waals surface area (Å²) in [6.07, 6.45) is 0.598. The summed E-state index contributed by atoms with van der Waals surface area (Å²) < 4.78 is 0. The van der Waals surface area contributed by atoms with Crippen LogP contribution in [0.15, 0.2) is 36.4 Å². The van der Waals surface area contributed by atoms with E-state index in [0.29, 0.717) is 6.42 Å². The van der Waals surface area contributed by atoms with E-state index in [1.54, 1.807) is 6.07 Å². The lowest BCUT2D eigenvalue weighted by molar-refractivity contribution is 0.0691. The fourth-order valence-electron chi connectivity index (χ4n) is 1.71. The molecule has 88 valence electrons. The van der Waals surface area contributed by atoms with Gasteiger partial charge in [0.2, 0.25) is 0 Å². The maximum atomic E-state index is 10.8. The molecule has 0 saturated carbocycles. The number of hydrogen-bond acceptors (Lipinski definition) is 2. The zero-order chi connectivity index (χ0) is 12.3. The third kappa shape index (κ3) is 2.54. The van der Waals surface area contributed by atoms with Gasteiger partial charge < -0.3 is 15.2 Å². The summed E-state index contributed by atoms with van der Waals surface area (Å²) in [6.45, 7) is 0.106. The van der Waals surface area contributed by atoms with Crippen LogP contribution < -0.4 is 0 Å². The number of carboxylic acids is 1. The fourth-order valence-corrected chi connectivity index (χ4v) is 1.71. The molecule has 0 saturated heterocycles. The van der Waals surface area contributed by atoms with E-state index in [0.717, 1.165) is 16.8 Å². The second kappa shape index (κ2) is 4.84. The highest BCUT2D eigenvalue weighted by Crippen LogP contribution is 2.20. The normalized spacial score (nSPS) is 10.4. The van der Waals surface area contributed by atoms with Crippen LogP contribution in [0.4, 0.5) is 0 Å². The Kier molecular flexibility index (Phi) is 3.25. The van der Waals surface area contributed by atoms with Crippen LogP contribution in [-0.2, 0) is 6.42 Å². The van der Waals surface area contributed by atoms with Gasteiger partial charge in [0.25, 0.3) is 0 Å². The van der Waals surface area contributed by atoms with Gasteiger partial charge in [0.15, 0.2) is 0 Å². The first-order valence-corrected chi connectivity index (χ1v) is 5.33. The number of carbonyl (C=O) groups is 1. The monoisotopic (exact) mass is 231 g/mol. The Morgan fingerprint density at radius 2 is 2.06 bits per heavy atom. The van der Waals surface area contributed by atoms with Gasteiger partial charge in [-0.25, -0.2) is 4.79 Å². The van der Waals surface area contributed by atoms with Gasteiger partial charge in [0, 0.05) is 12.3 Å². The highest BCUT2D eigenvalue weighted by molar-refractivity contribution is 5.86. The van der Waals surface area contributed by atoms with Crippen LogP contribution >= 0.6 is 0 Å². The van der Waals surface area contributed by atoms with E-state index in [2.05, 4.69) is 4.98 Å². The molecule has 0 radical (unpaired) electrons. The SMILES string of the molecule is O=C(O)c1ccc(-c2cccc(CCO)c2)[nH]1. The summed E-state index contributed by atoms with van der Waals surface area (Å²) in [5, 5.41) is 17.7. The van der Waals surface area contributed by atoms with Gasteiger partial charge in [0.05, 0.1) is 0 Å². The average Bonchev–Trinajstić information content (AvgIpc) is 2.79. The number of H-pyrrole nitrogens is 1. The summed E-state index contributed by atoms with van der Waals surface area (Å²) in [5.74, 6) is -0.970. The van der Waals surface area contributed by atoms with Crippen LogP contribution in [0.5, 0.6) is 0 Å². The third-order valence-electron chi connectivity index (χ3n) is 2.55. The van der Waals surface area contributed by atoms with Crippen LogP contribution in [0, 0.1) is 0 Å². The molecule has 17 heavy (non-hydrogen) atoms. The van der Waals surface area contributed by atoms with Gasteiger partial charge >= 0.3 is 5.97 Å². The Balaban J connectivity index is 2.31. The Morgan fingerprint density at radius 3 is 2.71 bits per heavy atom. The second-order valence-electron chi connectivity index (χ2n) is 3.76. The van der Waals surface area contributed by atoms with Crippen LogP contribution in [0.1, 0.15) is 16.1 Å². The van der Waals surface area contributed by atoms with E-state index in [9.17, 15) is 4.79 Å². The Hall–Kier alpha value is -2.07. The molecule has 0 bridgehead atoms. The standard InChI is InChI=1S/C13H13NO3/c15-7-6-9-2-1-3-10(8-9)11-4-5-12(14-11)13(16)17/h1-5,8,14-15H,6-7H2,(H,16,17). The van der Waals surface area contributed by atoms with Crippen molar-refractivity contribution in [2.45, 2.75) is 6.42 Å². The molecule has 0 aliphatic heterocycles. The van der Waals surface area contributed by atoms with Crippen molar-refractivity contribution in [3.8, 4) is 11.3 Å². The lowest BCUT2D eigenvalue weighted by atomic mass is 10.1. The molecule has 0 atom stereocenters. The highest BCUT2D eigenvalue weighted by Gasteiger charge is 2.07. The van der Waals surface area contributed by atoms with Crippen LogP contribution in [0.25, 0.3) is 11.3 Å². The first kappa shape index (κ1) is 11.4. The first-order valence-electron chi connectivity index (χ1n) is 5.33. The van der Waals surface area contributed by atoms with E-state index in [1.165, 1.54) is 6.07 Å². The van der Waals surface area contributed by atoms with Crippen LogP contribution in [0.3, 0.4) is 0 Å². The minimum atomic E-state index is -0.970. The molecular weight excluding hydrogens is 218 g/mol. The quantitative estimate of drug-likeness (QED) is 0.752. The molecule has 1 heterocycles. The number of benzene rings is 1. The molecule has 0 aliphatic carbocycles. The van der Waals surface area contributed by atoms with Gasteiger partial charge in [-0.3, -0.25) is 0 Å². The van der Waals surface area contributed by atoms with Gasteiger partial charge in [-0.1, -0.05) is 18.2 Å². The number of aromatic nitrogens is 1. The van der Waals surface area contributed by atoms with Gasteiger partial charge in [-0.15, -0.1) is 0 Å². The van der Waals surface area contributed by atoms with Gasteiger partial charge in [-0.2, -0.15) is 0 Å². The number of rotatable bonds is 4. The lowest BCUT2D eigenvalue weighted by Crippen LogP contribution is -1.95. The van der Waals surface area contributed by atoms with Crippen molar-refractivity contribution >= 4 is 5.97 Å². The minimum absolute atomic E-state index is 0.106. The zero-order valence-electron chi connectivity index (χ0n) is 9.18. The molecule has 4 nitrogen and oxygen atoms in total. The first-order chi connectivity index (χ1) is 8.20. The number of hydrogen-bond donors (Lipinski definition) is 3. The van der Waals surface area contributed by atoms with E-state index in [4.69, 9.17) is 10.2 Å². The van der Waals surface area contributed by atoms with Crippen molar-refractivity contribution in [3.05, 3.63) is 47.7 Å². The van der Waals surface area contributed by atoms with Crippen LogP contribution in [0.2, 0.25) is 0 Å². The summed E-state index contributed by atoms with van der Waals surface area (Å²) >= 11 is 0. The van der Waals surface area contributed by atoms with Crippen molar-refractivity contribution in [2.75, 3.05) is 6.61 Å². The van der Waals surface area contributed by atoms with Crippen molar-refractivity contribution in [1.82, 2.24) is 4.98 Å². The number of carboxylic acid groups (broad SMARTS) is 1. The van der Waals surface area contributed by atoms with Crippen molar-refractivity contribution in [2.24, 2.45) is 0 Å². The molecule has 2 aromatic rings. The molecule has 1 aromatic heterocycles. The Bertz CT molecular complexity index is 531. The average molecular weight is 231 g/mol. The number of aliphatic hydroxyl groups is 1. The summed E-state index contributed by atoms with van der Waals surface area (Å²) in [6, 6.07) is 10.9. The van der Waals surface area contributed by atoms with Crippen LogP contribution in [-0.4, -0.2) is 27.8 Å². The van der Waals surface area contributed by atoms with E-state index in [-0.39, 0.29) is 12.3 Å². The molecule has 4 heteroatoms. The highest BCUT2D eigenvalue weighted by atomic mass is 16.4. The molecule has 2 rings (SSSR count). The number of aliphatic hydroxyl groups excluding tert-OH is 1. The van der Waals surface area contributed by atoms with E-state index < -0.39 is 5.97 Å². The van der Waals surface area contributed by atoms with Crippen molar-refractivity contribution in [1.29, 1.82) is 0 Å².